The van der Waals surface area contributed by atoms with E-state index in [0.717, 1.165) is 18.7 Å². The molecule has 0 bridgehead atoms. The van der Waals surface area contributed by atoms with E-state index < -0.39 is 6.04 Å². The molecule has 0 spiro atoms. The van der Waals surface area contributed by atoms with Crippen molar-refractivity contribution in [2.24, 2.45) is 0 Å². The maximum absolute atomic E-state index is 12.6. The highest BCUT2D eigenvalue weighted by molar-refractivity contribution is 5.88. The summed E-state index contributed by atoms with van der Waals surface area (Å²) < 4.78 is 0. The molecular formula is C21H25N3O2. The molecule has 1 heterocycles. The molecule has 0 saturated carbocycles. The van der Waals surface area contributed by atoms with Crippen molar-refractivity contribution >= 4 is 17.5 Å². The molecule has 0 aliphatic carbocycles. The minimum atomic E-state index is -0.505. The quantitative estimate of drug-likeness (QED) is 0.897. The predicted octanol–water partition coefficient (Wildman–Crippen LogP) is 2.08. The molecule has 1 fully saturated rings. The van der Waals surface area contributed by atoms with Crippen molar-refractivity contribution in [3.8, 4) is 0 Å². The summed E-state index contributed by atoms with van der Waals surface area (Å²) in [6.07, 6.45) is 0.292. The van der Waals surface area contributed by atoms with Crippen molar-refractivity contribution in [3.63, 3.8) is 0 Å². The van der Waals surface area contributed by atoms with E-state index in [2.05, 4.69) is 22.3 Å². The number of nitrogens with one attached hydrogen (secondary N) is 1. The Kier molecular flexibility index (Phi) is 5.89. The first-order valence-corrected chi connectivity index (χ1v) is 9.05. The number of amides is 2. The van der Waals surface area contributed by atoms with Gasteiger partial charge in [-0.15, -0.1) is 0 Å². The molecule has 26 heavy (non-hydrogen) atoms. The van der Waals surface area contributed by atoms with Gasteiger partial charge in [0.2, 0.25) is 11.8 Å². The van der Waals surface area contributed by atoms with Gasteiger partial charge in [-0.25, -0.2) is 0 Å². The molecular weight excluding hydrogens is 326 g/mol. The second kappa shape index (κ2) is 8.52. The van der Waals surface area contributed by atoms with Gasteiger partial charge in [-0.3, -0.25) is 9.59 Å². The topological polar surface area (TPSA) is 52.7 Å². The predicted molar refractivity (Wildman–Crippen MR) is 103 cm³/mol. The van der Waals surface area contributed by atoms with Crippen molar-refractivity contribution in [2.75, 3.05) is 31.1 Å². The molecule has 2 aromatic carbocycles. The van der Waals surface area contributed by atoms with Crippen LogP contribution < -0.4 is 10.2 Å². The van der Waals surface area contributed by atoms with Gasteiger partial charge in [-0.2, -0.15) is 0 Å². The van der Waals surface area contributed by atoms with Crippen molar-refractivity contribution in [3.05, 3.63) is 66.2 Å². The maximum atomic E-state index is 12.6. The second-order valence-electron chi connectivity index (χ2n) is 6.60. The molecule has 1 aliphatic heterocycles. The SMILES string of the molecule is C[C@@H](NC(=O)Cc1ccccc1)C(=O)N1CCN(c2ccccc2)CC1. The molecule has 5 heteroatoms. The second-order valence-corrected chi connectivity index (χ2v) is 6.60. The molecule has 0 radical (unpaired) electrons. The van der Waals surface area contributed by atoms with Gasteiger partial charge in [0, 0.05) is 31.9 Å². The van der Waals surface area contributed by atoms with Crippen LogP contribution in [0, 0.1) is 0 Å². The maximum Gasteiger partial charge on any atom is 0.244 e. The van der Waals surface area contributed by atoms with E-state index in [-0.39, 0.29) is 11.8 Å². The average Bonchev–Trinajstić information content (AvgIpc) is 2.69. The van der Waals surface area contributed by atoms with E-state index >= 15 is 0 Å². The Morgan fingerprint density at radius 2 is 1.50 bits per heavy atom. The first-order chi connectivity index (χ1) is 12.6. The lowest BCUT2D eigenvalue weighted by molar-refractivity contribution is -0.136. The van der Waals surface area contributed by atoms with Crippen LogP contribution in [0.3, 0.4) is 0 Å². The van der Waals surface area contributed by atoms with Gasteiger partial charge in [-0.05, 0) is 24.6 Å². The zero-order chi connectivity index (χ0) is 18.4. The van der Waals surface area contributed by atoms with E-state index in [1.807, 2.05) is 53.4 Å². The first-order valence-electron chi connectivity index (χ1n) is 9.05. The van der Waals surface area contributed by atoms with E-state index in [4.69, 9.17) is 0 Å². The summed E-state index contributed by atoms with van der Waals surface area (Å²) in [5.41, 5.74) is 2.13. The molecule has 0 unspecified atom stereocenters. The minimum Gasteiger partial charge on any atom is -0.368 e. The summed E-state index contributed by atoms with van der Waals surface area (Å²) in [5.74, 6) is -0.140. The van der Waals surface area contributed by atoms with Crippen LogP contribution in [-0.2, 0) is 16.0 Å². The standard InChI is InChI=1S/C21H25N3O2/c1-17(22-20(25)16-18-8-4-2-5-9-18)21(26)24-14-12-23(13-15-24)19-10-6-3-7-11-19/h2-11,17H,12-16H2,1H3,(H,22,25)/t17-/m1/s1. The van der Waals surface area contributed by atoms with Crippen LogP contribution in [0.15, 0.2) is 60.7 Å². The molecule has 0 aromatic heterocycles. The number of hydrogen-bond acceptors (Lipinski definition) is 3. The number of carbonyl (C=O) groups is 2. The fraction of sp³-hybridized carbons (Fsp3) is 0.333. The number of hydrogen-bond donors (Lipinski definition) is 1. The number of para-hydroxylation sites is 1. The minimum absolute atomic E-state index is 0.0147. The first kappa shape index (κ1) is 18.0. The number of nitrogens with zero attached hydrogens (tertiary/aromatic N) is 2. The smallest absolute Gasteiger partial charge is 0.244 e. The fourth-order valence-corrected chi connectivity index (χ4v) is 3.23. The lowest BCUT2D eigenvalue weighted by atomic mass is 10.1. The lowest BCUT2D eigenvalue weighted by Crippen LogP contribution is -2.54. The Morgan fingerprint density at radius 1 is 0.923 bits per heavy atom. The van der Waals surface area contributed by atoms with Gasteiger partial charge in [0.05, 0.1) is 6.42 Å². The Balaban J connectivity index is 1.47. The van der Waals surface area contributed by atoms with Crippen LogP contribution in [-0.4, -0.2) is 48.9 Å². The van der Waals surface area contributed by atoms with E-state index in [0.29, 0.717) is 19.5 Å². The Labute approximate surface area is 154 Å². The van der Waals surface area contributed by atoms with Crippen molar-refractivity contribution in [2.45, 2.75) is 19.4 Å². The molecule has 1 N–H and O–H groups in total. The van der Waals surface area contributed by atoms with E-state index in [9.17, 15) is 9.59 Å². The third kappa shape index (κ3) is 4.63. The van der Waals surface area contributed by atoms with Gasteiger partial charge in [0.1, 0.15) is 6.04 Å². The number of benzene rings is 2. The normalized spacial score (nSPS) is 15.4. The Bertz CT molecular complexity index is 725. The van der Waals surface area contributed by atoms with Crippen molar-refractivity contribution < 1.29 is 9.59 Å². The van der Waals surface area contributed by atoms with Gasteiger partial charge in [0.25, 0.3) is 0 Å². The summed E-state index contributed by atoms with van der Waals surface area (Å²) in [6, 6.07) is 19.3. The van der Waals surface area contributed by atoms with E-state index in [1.165, 1.54) is 5.69 Å². The summed E-state index contributed by atoms with van der Waals surface area (Å²) in [5, 5.41) is 2.82. The molecule has 2 aromatic rings. The van der Waals surface area contributed by atoms with Crippen LogP contribution in [0.2, 0.25) is 0 Å². The number of rotatable bonds is 5. The largest absolute Gasteiger partial charge is 0.368 e. The van der Waals surface area contributed by atoms with Crippen LogP contribution >= 0.6 is 0 Å². The summed E-state index contributed by atoms with van der Waals surface area (Å²) >= 11 is 0. The van der Waals surface area contributed by atoms with Gasteiger partial charge in [-0.1, -0.05) is 48.5 Å². The van der Waals surface area contributed by atoms with Gasteiger partial charge >= 0.3 is 0 Å². The molecule has 1 atom stereocenters. The fourth-order valence-electron chi connectivity index (χ4n) is 3.23. The zero-order valence-corrected chi connectivity index (χ0v) is 15.1. The third-order valence-electron chi connectivity index (χ3n) is 4.67. The molecule has 136 valence electrons. The Morgan fingerprint density at radius 3 is 2.12 bits per heavy atom. The third-order valence-corrected chi connectivity index (χ3v) is 4.67. The van der Waals surface area contributed by atoms with Gasteiger partial charge < -0.3 is 15.1 Å². The van der Waals surface area contributed by atoms with Crippen molar-refractivity contribution in [1.29, 1.82) is 0 Å². The van der Waals surface area contributed by atoms with Crippen LogP contribution in [0.5, 0.6) is 0 Å². The highest BCUT2D eigenvalue weighted by atomic mass is 16.2. The number of anilines is 1. The van der Waals surface area contributed by atoms with Crippen LogP contribution in [0.1, 0.15) is 12.5 Å². The lowest BCUT2D eigenvalue weighted by Gasteiger charge is -2.37. The zero-order valence-electron chi connectivity index (χ0n) is 15.1. The van der Waals surface area contributed by atoms with Crippen LogP contribution in [0.25, 0.3) is 0 Å². The van der Waals surface area contributed by atoms with Gasteiger partial charge in [0.15, 0.2) is 0 Å². The number of carbonyl (C=O) groups excluding carboxylic acids is 2. The van der Waals surface area contributed by atoms with Crippen molar-refractivity contribution in [1.82, 2.24) is 10.2 Å². The van der Waals surface area contributed by atoms with E-state index in [1.54, 1.807) is 6.92 Å². The highest BCUT2D eigenvalue weighted by Gasteiger charge is 2.25. The molecule has 1 aliphatic rings. The summed E-state index contributed by atoms with van der Waals surface area (Å²) in [7, 11) is 0. The highest BCUT2D eigenvalue weighted by Crippen LogP contribution is 2.15. The molecule has 1 saturated heterocycles. The summed E-state index contributed by atoms with van der Waals surface area (Å²) in [6.45, 7) is 4.72. The Hall–Kier alpha value is -2.82. The molecule has 3 rings (SSSR count). The van der Waals surface area contributed by atoms with Crippen LogP contribution in [0.4, 0.5) is 5.69 Å². The number of piperazine rings is 1. The summed E-state index contributed by atoms with van der Waals surface area (Å²) in [4.78, 5) is 28.9. The molecule has 2 amide bonds. The monoisotopic (exact) mass is 351 g/mol. The average molecular weight is 351 g/mol. The molecule has 5 nitrogen and oxygen atoms in total.